The molecular formula is C10H13ClN2O2S. The fourth-order valence-electron chi connectivity index (χ4n) is 1.02. The molecular weight excluding hydrogens is 248 g/mol. The van der Waals surface area contributed by atoms with E-state index >= 15 is 0 Å². The van der Waals surface area contributed by atoms with Gasteiger partial charge in [0.2, 0.25) is 0 Å². The van der Waals surface area contributed by atoms with Gasteiger partial charge in [-0.15, -0.1) is 10.2 Å². The summed E-state index contributed by atoms with van der Waals surface area (Å²) in [5.74, 6) is -0.00829. The van der Waals surface area contributed by atoms with Gasteiger partial charge in [0.15, 0.2) is 5.15 Å². The van der Waals surface area contributed by atoms with Crippen molar-refractivity contribution in [3.63, 3.8) is 0 Å². The monoisotopic (exact) mass is 260 g/mol. The number of esters is 1. The Morgan fingerprint density at radius 3 is 2.69 bits per heavy atom. The first-order valence-corrected chi connectivity index (χ1v) is 6.20. The predicted octanol–water partition coefficient (Wildman–Crippen LogP) is 2.40. The third-order valence-electron chi connectivity index (χ3n) is 2.05. The van der Waals surface area contributed by atoms with Crippen molar-refractivity contribution >= 4 is 29.3 Å². The first-order valence-electron chi connectivity index (χ1n) is 4.84. The lowest BCUT2D eigenvalue weighted by Gasteiger charge is -2.06. The molecule has 0 bridgehead atoms. The molecule has 0 saturated carbocycles. The predicted molar refractivity (Wildman–Crippen MR) is 63.9 cm³/mol. The number of rotatable bonds is 4. The molecule has 0 atom stereocenters. The Morgan fingerprint density at radius 2 is 2.06 bits per heavy atom. The molecule has 0 spiro atoms. The van der Waals surface area contributed by atoms with Crippen LogP contribution < -0.4 is 0 Å². The van der Waals surface area contributed by atoms with Gasteiger partial charge in [0, 0.05) is 0 Å². The van der Waals surface area contributed by atoms with Gasteiger partial charge in [-0.25, -0.2) is 0 Å². The van der Waals surface area contributed by atoms with Gasteiger partial charge in [0.1, 0.15) is 5.03 Å². The second kappa shape index (κ2) is 6.06. The van der Waals surface area contributed by atoms with Crippen molar-refractivity contribution in [2.24, 2.45) is 0 Å². The van der Waals surface area contributed by atoms with Crippen LogP contribution in [0.2, 0.25) is 5.15 Å². The van der Waals surface area contributed by atoms with Crippen LogP contribution in [0.4, 0.5) is 0 Å². The summed E-state index contributed by atoms with van der Waals surface area (Å²) in [4.78, 5) is 11.2. The maximum absolute atomic E-state index is 11.2. The van der Waals surface area contributed by atoms with Crippen molar-refractivity contribution in [1.82, 2.24) is 10.2 Å². The van der Waals surface area contributed by atoms with Crippen LogP contribution in [0.5, 0.6) is 0 Å². The van der Waals surface area contributed by atoms with Crippen LogP contribution in [0.1, 0.15) is 18.1 Å². The summed E-state index contributed by atoms with van der Waals surface area (Å²) < 4.78 is 4.82. The van der Waals surface area contributed by atoms with Crippen LogP contribution in [0.15, 0.2) is 5.03 Å². The molecule has 1 aromatic rings. The van der Waals surface area contributed by atoms with Crippen molar-refractivity contribution in [3.05, 3.63) is 16.3 Å². The van der Waals surface area contributed by atoms with Gasteiger partial charge < -0.3 is 4.74 Å². The van der Waals surface area contributed by atoms with Crippen molar-refractivity contribution in [2.75, 3.05) is 12.4 Å². The average Bonchev–Trinajstić information content (AvgIpc) is 2.25. The zero-order valence-corrected chi connectivity index (χ0v) is 11.0. The van der Waals surface area contributed by atoms with E-state index in [4.69, 9.17) is 16.3 Å². The SMILES string of the molecule is CCOC(=O)CSc1nnc(Cl)c(C)c1C. The Morgan fingerprint density at radius 1 is 1.38 bits per heavy atom. The molecule has 6 heteroatoms. The normalized spacial score (nSPS) is 10.2. The van der Waals surface area contributed by atoms with E-state index in [0.717, 1.165) is 16.2 Å². The van der Waals surface area contributed by atoms with Crippen LogP contribution in [-0.4, -0.2) is 28.5 Å². The zero-order chi connectivity index (χ0) is 12.1. The summed E-state index contributed by atoms with van der Waals surface area (Å²) in [5, 5.41) is 8.87. The minimum atomic E-state index is -0.249. The number of carbonyl (C=O) groups excluding carboxylic acids is 1. The fourth-order valence-corrected chi connectivity index (χ4v) is 2.01. The van der Waals surface area contributed by atoms with Crippen LogP contribution in [0.3, 0.4) is 0 Å². The number of ether oxygens (including phenoxy) is 1. The molecule has 0 unspecified atom stereocenters. The van der Waals surface area contributed by atoms with Crippen LogP contribution in [-0.2, 0) is 9.53 Å². The van der Waals surface area contributed by atoms with Crippen molar-refractivity contribution < 1.29 is 9.53 Å². The highest BCUT2D eigenvalue weighted by Gasteiger charge is 2.10. The summed E-state index contributed by atoms with van der Waals surface area (Å²) >= 11 is 7.14. The molecule has 4 nitrogen and oxygen atoms in total. The largest absolute Gasteiger partial charge is 0.465 e. The Kier molecular flexibility index (Phi) is 5.02. The highest BCUT2D eigenvalue weighted by Crippen LogP contribution is 2.24. The molecule has 1 aromatic heterocycles. The Balaban J connectivity index is 2.68. The second-order valence-electron chi connectivity index (χ2n) is 3.14. The first kappa shape index (κ1) is 13.3. The van der Waals surface area contributed by atoms with E-state index in [9.17, 15) is 4.79 Å². The van der Waals surface area contributed by atoms with Gasteiger partial charge in [-0.1, -0.05) is 23.4 Å². The maximum atomic E-state index is 11.2. The van der Waals surface area contributed by atoms with Gasteiger partial charge >= 0.3 is 5.97 Å². The summed E-state index contributed by atoms with van der Waals surface area (Å²) in [7, 11) is 0. The molecule has 0 saturated heterocycles. The number of halogens is 1. The molecule has 0 fully saturated rings. The molecule has 0 amide bonds. The number of aromatic nitrogens is 2. The smallest absolute Gasteiger partial charge is 0.316 e. The van der Waals surface area contributed by atoms with Crippen LogP contribution in [0.25, 0.3) is 0 Å². The summed E-state index contributed by atoms with van der Waals surface area (Å²) in [6.45, 7) is 5.95. The molecule has 0 N–H and O–H groups in total. The fraction of sp³-hybridized carbons (Fsp3) is 0.500. The highest BCUT2D eigenvalue weighted by atomic mass is 35.5. The average molecular weight is 261 g/mol. The summed E-state index contributed by atoms with van der Waals surface area (Å²) in [6.07, 6.45) is 0. The summed E-state index contributed by atoms with van der Waals surface area (Å²) in [5.41, 5.74) is 1.84. The lowest BCUT2D eigenvalue weighted by atomic mass is 10.2. The topological polar surface area (TPSA) is 52.1 Å². The molecule has 0 aliphatic heterocycles. The van der Waals surface area contributed by atoms with Gasteiger partial charge in [0.25, 0.3) is 0 Å². The van der Waals surface area contributed by atoms with Crippen LogP contribution in [0, 0.1) is 13.8 Å². The third kappa shape index (κ3) is 3.35. The van der Waals surface area contributed by atoms with Gasteiger partial charge in [-0.2, -0.15) is 0 Å². The summed E-state index contributed by atoms with van der Waals surface area (Å²) in [6, 6.07) is 0. The quantitative estimate of drug-likeness (QED) is 0.615. The minimum Gasteiger partial charge on any atom is -0.465 e. The van der Waals surface area contributed by atoms with Gasteiger partial charge in [-0.3, -0.25) is 4.79 Å². The Labute approximate surface area is 104 Å². The van der Waals surface area contributed by atoms with E-state index in [0.29, 0.717) is 11.8 Å². The maximum Gasteiger partial charge on any atom is 0.316 e. The van der Waals surface area contributed by atoms with Crippen molar-refractivity contribution in [1.29, 1.82) is 0 Å². The number of carbonyl (C=O) groups is 1. The second-order valence-corrected chi connectivity index (χ2v) is 4.46. The molecule has 0 aliphatic carbocycles. The molecule has 1 heterocycles. The minimum absolute atomic E-state index is 0.241. The molecule has 88 valence electrons. The lowest BCUT2D eigenvalue weighted by molar-refractivity contribution is -0.139. The lowest BCUT2D eigenvalue weighted by Crippen LogP contribution is -2.07. The first-order chi connectivity index (χ1) is 7.56. The van der Waals surface area contributed by atoms with E-state index < -0.39 is 0 Å². The van der Waals surface area contributed by atoms with E-state index in [-0.39, 0.29) is 11.7 Å². The molecule has 0 aliphatic rings. The Bertz CT molecular complexity index is 399. The van der Waals surface area contributed by atoms with Crippen molar-refractivity contribution in [2.45, 2.75) is 25.8 Å². The van der Waals surface area contributed by atoms with E-state index in [1.807, 2.05) is 13.8 Å². The molecule has 0 radical (unpaired) electrons. The number of hydrogen-bond acceptors (Lipinski definition) is 5. The van der Waals surface area contributed by atoms with Crippen LogP contribution >= 0.6 is 23.4 Å². The van der Waals surface area contributed by atoms with E-state index in [1.54, 1.807) is 6.92 Å². The van der Waals surface area contributed by atoms with Gasteiger partial charge in [0.05, 0.1) is 12.4 Å². The van der Waals surface area contributed by atoms with Gasteiger partial charge in [-0.05, 0) is 31.9 Å². The molecule has 0 aromatic carbocycles. The number of hydrogen-bond donors (Lipinski definition) is 0. The van der Waals surface area contributed by atoms with Crippen molar-refractivity contribution in [3.8, 4) is 0 Å². The zero-order valence-electron chi connectivity index (χ0n) is 9.41. The third-order valence-corrected chi connectivity index (χ3v) is 3.45. The Hall–Kier alpha value is -0.810. The molecule has 1 rings (SSSR count). The van der Waals surface area contributed by atoms with E-state index in [1.165, 1.54) is 11.8 Å². The molecule has 16 heavy (non-hydrogen) atoms. The number of thioether (sulfide) groups is 1. The van der Waals surface area contributed by atoms with E-state index in [2.05, 4.69) is 10.2 Å². The highest BCUT2D eigenvalue weighted by molar-refractivity contribution is 7.99. The number of nitrogens with zero attached hydrogens (tertiary/aromatic N) is 2. The standard InChI is InChI=1S/C10H13ClN2O2S/c1-4-15-8(14)5-16-10-7(3)6(2)9(11)12-13-10/h4-5H2,1-3H3.